The number of carbonyl (C=O) groups excluding carboxylic acids is 1. The first-order valence-corrected chi connectivity index (χ1v) is 6.59. The molecule has 14 heavy (non-hydrogen) atoms. The summed E-state index contributed by atoms with van der Waals surface area (Å²) in [5, 5.41) is -0.196. The Morgan fingerprint density at radius 2 is 1.93 bits per heavy atom. The van der Waals surface area contributed by atoms with Crippen molar-refractivity contribution in [2.45, 2.75) is 37.9 Å². The highest BCUT2D eigenvalue weighted by Crippen LogP contribution is 2.24. The first-order chi connectivity index (χ1) is 6.52. The van der Waals surface area contributed by atoms with Gasteiger partial charge < -0.3 is 4.74 Å². The van der Waals surface area contributed by atoms with Crippen molar-refractivity contribution in [1.29, 1.82) is 0 Å². The topological polar surface area (TPSA) is 60.4 Å². The van der Waals surface area contributed by atoms with Crippen LogP contribution in [0.2, 0.25) is 0 Å². The number of carbonyl (C=O) groups is 1. The van der Waals surface area contributed by atoms with Crippen LogP contribution in [0.5, 0.6) is 0 Å². The Hall–Kier alpha value is -0.580. The van der Waals surface area contributed by atoms with Crippen molar-refractivity contribution >= 4 is 15.8 Å². The molecule has 0 radical (unpaired) electrons. The van der Waals surface area contributed by atoms with Crippen LogP contribution in [0.15, 0.2) is 0 Å². The molecule has 0 heterocycles. The molecule has 5 heteroatoms. The summed E-state index contributed by atoms with van der Waals surface area (Å²) in [6, 6.07) is 0. The predicted molar refractivity (Wildman–Crippen MR) is 52.7 cm³/mol. The smallest absolute Gasteiger partial charge is 0.302 e. The molecule has 4 nitrogen and oxygen atoms in total. The monoisotopic (exact) mass is 220 g/mol. The molecule has 1 saturated carbocycles. The summed E-state index contributed by atoms with van der Waals surface area (Å²) >= 11 is 0. The zero-order chi connectivity index (χ0) is 10.6. The van der Waals surface area contributed by atoms with Gasteiger partial charge in [0.2, 0.25) is 0 Å². The van der Waals surface area contributed by atoms with Gasteiger partial charge in [0.05, 0.1) is 11.0 Å². The molecular weight excluding hydrogens is 204 g/mol. The summed E-state index contributed by atoms with van der Waals surface area (Å²) in [6.45, 7) is 1.27. The molecule has 0 spiro atoms. The molecule has 0 aromatic heterocycles. The second kappa shape index (κ2) is 4.77. The average Bonchev–Trinajstić information content (AvgIpc) is 2.54. The molecule has 0 N–H and O–H groups in total. The predicted octanol–water partition coefficient (Wildman–Crippen LogP) is 0.907. The van der Waals surface area contributed by atoms with E-state index >= 15 is 0 Å². The Morgan fingerprint density at radius 3 is 2.43 bits per heavy atom. The van der Waals surface area contributed by atoms with Crippen molar-refractivity contribution in [2.75, 3.05) is 12.4 Å². The van der Waals surface area contributed by atoms with Crippen molar-refractivity contribution < 1.29 is 17.9 Å². The maximum Gasteiger partial charge on any atom is 0.302 e. The van der Waals surface area contributed by atoms with Gasteiger partial charge in [0.15, 0.2) is 9.84 Å². The van der Waals surface area contributed by atoms with E-state index in [4.69, 9.17) is 0 Å². The van der Waals surface area contributed by atoms with Gasteiger partial charge in [0.25, 0.3) is 0 Å². The fourth-order valence-corrected chi connectivity index (χ4v) is 3.42. The van der Waals surface area contributed by atoms with E-state index in [1.807, 2.05) is 0 Å². The highest BCUT2D eigenvalue weighted by Gasteiger charge is 2.28. The number of hydrogen-bond donors (Lipinski definition) is 0. The van der Waals surface area contributed by atoms with Gasteiger partial charge >= 0.3 is 5.97 Å². The van der Waals surface area contributed by atoms with E-state index < -0.39 is 15.8 Å². The first-order valence-electron chi connectivity index (χ1n) is 4.87. The van der Waals surface area contributed by atoms with Gasteiger partial charge in [-0.25, -0.2) is 8.42 Å². The lowest BCUT2D eigenvalue weighted by Gasteiger charge is -2.10. The van der Waals surface area contributed by atoms with Crippen molar-refractivity contribution in [3.8, 4) is 0 Å². The molecule has 0 unspecified atom stereocenters. The molecule has 0 atom stereocenters. The minimum absolute atomic E-state index is 0.00579. The van der Waals surface area contributed by atoms with Crippen molar-refractivity contribution in [2.24, 2.45) is 0 Å². The Balaban J connectivity index is 2.37. The number of sulfone groups is 1. The van der Waals surface area contributed by atoms with E-state index in [2.05, 4.69) is 4.74 Å². The van der Waals surface area contributed by atoms with Gasteiger partial charge in [0.1, 0.15) is 6.61 Å². The highest BCUT2D eigenvalue weighted by atomic mass is 32.2. The molecule has 1 aliphatic rings. The zero-order valence-corrected chi connectivity index (χ0v) is 9.18. The second-order valence-corrected chi connectivity index (χ2v) is 6.01. The molecule has 0 aliphatic heterocycles. The second-order valence-electron chi connectivity index (χ2n) is 3.61. The van der Waals surface area contributed by atoms with E-state index in [0.29, 0.717) is 0 Å². The Bertz CT molecular complexity index is 288. The largest absolute Gasteiger partial charge is 0.465 e. The Kier molecular flexibility index (Phi) is 3.92. The number of rotatable bonds is 4. The van der Waals surface area contributed by atoms with Crippen LogP contribution in [0.4, 0.5) is 0 Å². The van der Waals surface area contributed by atoms with Crippen LogP contribution in [-0.4, -0.2) is 32.0 Å². The summed E-state index contributed by atoms with van der Waals surface area (Å²) in [6.07, 6.45) is 3.53. The van der Waals surface area contributed by atoms with E-state index in [1.165, 1.54) is 6.92 Å². The van der Waals surface area contributed by atoms with Crippen LogP contribution in [-0.2, 0) is 19.4 Å². The summed E-state index contributed by atoms with van der Waals surface area (Å²) in [5.41, 5.74) is 0. The Morgan fingerprint density at radius 1 is 1.36 bits per heavy atom. The summed E-state index contributed by atoms with van der Waals surface area (Å²) < 4.78 is 27.9. The van der Waals surface area contributed by atoms with Crippen LogP contribution in [0.25, 0.3) is 0 Å². The molecule has 1 rings (SSSR count). The van der Waals surface area contributed by atoms with Crippen LogP contribution in [0.1, 0.15) is 32.6 Å². The van der Waals surface area contributed by atoms with Gasteiger partial charge in [0, 0.05) is 6.92 Å². The van der Waals surface area contributed by atoms with Crippen LogP contribution < -0.4 is 0 Å². The number of esters is 1. The molecular formula is C9H16O4S. The lowest BCUT2D eigenvalue weighted by Crippen LogP contribution is -2.24. The fourth-order valence-electron chi connectivity index (χ4n) is 1.72. The van der Waals surface area contributed by atoms with E-state index in [0.717, 1.165) is 25.7 Å². The van der Waals surface area contributed by atoms with Crippen molar-refractivity contribution in [3.05, 3.63) is 0 Å². The highest BCUT2D eigenvalue weighted by molar-refractivity contribution is 7.92. The normalized spacial score (nSPS) is 18.4. The average molecular weight is 220 g/mol. The minimum Gasteiger partial charge on any atom is -0.465 e. The third kappa shape index (κ3) is 3.29. The van der Waals surface area contributed by atoms with Gasteiger partial charge in [-0.3, -0.25) is 4.79 Å². The molecule has 0 aromatic carbocycles. The van der Waals surface area contributed by atoms with Gasteiger partial charge in [-0.15, -0.1) is 0 Å². The first kappa shape index (κ1) is 11.5. The summed E-state index contributed by atoms with van der Waals surface area (Å²) in [4.78, 5) is 10.4. The lowest BCUT2D eigenvalue weighted by atomic mass is 10.4. The van der Waals surface area contributed by atoms with Crippen LogP contribution in [0, 0.1) is 0 Å². The maximum absolute atomic E-state index is 11.6. The van der Waals surface area contributed by atoms with Crippen molar-refractivity contribution in [3.63, 3.8) is 0 Å². The van der Waals surface area contributed by atoms with E-state index in [1.54, 1.807) is 0 Å². The Labute approximate surface area is 84.6 Å². The van der Waals surface area contributed by atoms with Crippen molar-refractivity contribution in [1.82, 2.24) is 0 Å². The summed E-state index contributed by atoms with van der Waals surface area (Å²) in [7, 11) is -3.03. The molecule has 0 amide bonds. The SMILES string of the molecule is CC(=O)OCCS(=O)(=O)C1CCCC1. The maximum atomic E-state index is 11.6. The number of hydrogen-bond acceptors (Lipinski definition) is 4. The molecule has 0 bridgehead atoms. The molecule has 1 fully saturated rings. The zero-order valence-electron chi connectivity index (χ0n) is 8.36. The van der Waals surface area contributed by atoms with Crippen LogP contribution in [0.3, 0.4) is 0 Å². The van der Waals surface area contributed by atoms with E-state index in [9.17, 15) is 13.2 Å². The molecule has 1 aliphatic carbocycles. The molecule has 0 aromatic rings. The third-order valence-corrected chi connectivity index (χ3v) is 4.71. The molecule has 82 valence electrons. The molecule has 0 saturated heterocycles. The van der Waals surface area contributed by atoms with Gasteiger partial charge in [-0.1, -0.05) is 12.8 Å². The van der Waals surface area contributed by atoms with Gasteiger partial charge in [-0.2, -0.15) is 0 Å². The lowest BCUT2D eigenvalue weighted by molar-refractivity contribution is -0.140. The summed E-state index contributed by atoms with van der Waals surface area (Å²) in [5.74, 6) is -0.455. The van der Waals surface area contributed by atoms with Crippen LogP contribution >= 0.6 is 0 Å². The minimum atomic E-state index is -3.03. The third-order valence-electron chi connectivity index (χ3n) is 2.48. The fraction of sp³-hybridized carbons (Fsp3) is 0.889. The van der Waals surface area contributed by atoms with E-state index in [-0.39, 0.29) is 17.6 Å². The van der Waals surface area contributed by atoms with Gasteiger partial charge in [-0.05, 0) is 12.8 Å². The standard InChI is InChI=1S/C9H16O4S/c1-8(10)13-6-7-14(11,12)9-4-2-3-5-9/h9H,2-7H2,1H3. The quantitative estimate of drug-likeness (QED) is 0.661. The number of ether oxygens (including phenoxy) is 1.